The van der Waals surface area contributed by atoms with Crippen LogP contribution in [0, 0.1) is 0 Å². The van der Waals surface area contributed by atoms with Gasteiger partial charge in [0, 0.05) is 24.5 Å². The summed E-state index contributed by atoms with van der Waals surface area (Å²) in [7, 11) is 0. The lowest BCUT2D eigenvalue weighted by Crippen LogP contribution is -2.21. The van der Waals surface area contributed by atoms with Gasteiger partial charge in [0.25, 0.3) is 0 Å². The number of carbonyl (C=O) groups is 1. The molecule has 0 aromatic carbocycles. The topological polar surface area (TPSA) is 62.2 Å². The monoisotopic (exact) mass is 294 g/mol. The number of aliphatic carboxylic acids is 1. The SMILES string of the molecule is C1=C(Cc2nccs2)CCNC1.O=C(O)C(F)(F)F. The summed E-state index contributed by atoms with van der Waals surface area (Å²) in [5.41, 5.74) is 1.53. The molecule has 0 aliphatic carbocycles. The molecule has 19 heavy (non-hydrogen) atoms. The number of hydrogen-bond donors (Lipinski definition) is 2. The van der Waals surface area contributed by atoms with E-state index in [9.17, 15) is 13.2 Å². The Morgan fingerprint density at radius 1 is 1.53 bits per heavy atom. The van der Waals surface area contributed by atoms with Crippen LogP contribution in [-0.2, 0) is 11.2 Å². The van der Waals surface area contributed by atoms with Gasteiger partial charge in [0.15, 0.2) is 0 Å². The standard InChI is InChI=1S/C9H12N2S.C2HF3O2/c1-3-10-4-2-8(1)7-9-11-5-6-12-9;3-2(4,5)1(6)7/h1,5-6,10H,2-4,7H2;(H,6,7). The first-order valence-electron chi connectivity index (χ1n) is 5.46. The Morgan fingerprint density at radius 2 is 2.21 bits per heavy atom. The number of halogens is 3. The smallest absolute Gasteiger partial charge is 0.475 e. The zero-order chi connectivity index (χ0) is 14.3. The summed E-state index contributed by atoms with van der Waals surface area (Å²) in [5, 5.41) is 13.7. The maximum Gasteiger partial charge on any atom is 0.490 e. The Bertz CT molecular complexity index is 430. The number of aromatic nitrogens is 1. The molecule has 0 atom stereocenters. The molecule has 0 saturated heterocycles. The number of rotatable bonds is 2. The molecular formula is C11H13F3N2O2S. The summed E-state index contributed by atoms with van der Waals surface area (Å²) in [4.78, 5) is 13.2. The summed E-state index contributed by atoms with van der Waals surface area (Å²) in [6.07, 6.45) is 1.31. The van der Waals surface area contributed by atoms with Crippen molar-refractivity contribution in [1.82, 2.24) is 10.3 Å². The molecule has 2 rings (SSSR count). The van der Waals surface area contributed by atoms with Gasteiger partial charge < -0.3 is 10.4 Å². The number of hydrogen-bond acceptors (Lipinski definition) is 4. The highest BCUT2D eigenvalue weighted by molar-refractivity contribution is 7.09. The van der Waals surface area contributed by atoms with E-state index in [1.807, 2.05) is 11.6 Å². The minimum absolute atomic E-state index is 1.03. The molecule has 1 aliphatic rings. The molecule has 106 valence electrons. The Morgan fingerprint density at radius 3 is 2.63 bits per heavy atom. The number of carboxylic acids is 1. The maximum atomic E-state index is 10.6. The van der Waals surface area contributed by atoms with Gasteiger partial charge in [-0.05, 0) is 13.0 Å². The van der Waals surface area contributed by atoms with Crippen LogP contribution in [0.15, 0.2) is 23.2 Å². The minimum Gasteiger partial charge on any atom is -0.475 e. The van der Waals surface area contributed by atoms with Crippen molar-refractivity contribution in [2.24, 2.45) is 0 Å². The van der Waals surface area contributed by atoms with Crippen LogP contribution >= 0.6 is 11.3 Å². The third-order valence-electron chi connectivity index (χ3n) is 2.26. The van der Waals surface area contributed by atoms with Crippen molar-refractivity contribution >= 4 is 17.3 Å². The molecule has 1 aromatic heterocycles. The third kappa shape index (κ3) is 6.35. The second-order valence-electron chi connectivity index (χ2n) is 3.72. The number of carboxylic acid groups (broad SMARTS) is 1. The van der Waals surface area contributed by atoms with Crippen LogP contribution in [0.4, 0.5) is 13.2 Å². The molecule has 8 heteroatoms. The lowest BCUT2D eigenvalue weighted by Gasteiger charge is -2.12. The maximum absolute atomic E-state index is 10.6. The highest BCUT2D eigenvalue weighted by Crippen LogP contribution is 2.14. The second kappa shape index (κ2) is 7.25. The van der Waals surface area contributed by atoms with E-state index < -0.39 is 12.1 Å². The van der Waals surface area contributed by atoms with Crippen molar-refractivity contribution in [2.75, 3.05) is 13.1 Å². The quantitative estimate of drug-likeness (QED) is 0.821. The Balaban J connectivity index is 0.000000224. The van der Waals surface area contributed by atoms with Gasteiger partial charge in [-0.2, -0.15) is 13.2 Å². The van der Waals surface area contributed by atoms with E-state index in [1.54, 1.807) is 11.3 Å². The van der Waals surface area contributed by atoms with Gasteiger partial charge in [0.1, 0.15) is 0 Å². The average Bonchev–Trinajstić information content (AvgIpc) is 2.83. The number of thiazole rings is 1. The van der Waals surface area contributed by atoms with Crippen molar-refractivity contribution in [3.8, 4) is 0 Å². The van der Waals surface area contributed by atoms with Crippen molar-refractivity contribution in [1.29, 1.82) is 0 Å². The minimum atomic E-state index is -5.08. The Kier molecular flexibility index (Phi) is 5.97. The number of nitrogens with zero attached hydrogens (tertiary/aromatic N) is 1. The predicted octanol–water partition coefficient (Wildman–Crippen LogP) is 2.24. The van der Waals surface area contributed by atoms with Gasteiger partial charge in [-0.1, -0.05) is 11.6 Å². The van der Waals surface area contributed by atoms with Crippen molar-refractivity contribution in [2.45, 2.75) is 19.0 Å². The second-order valence-corrected chi connectivity index (χ2v) is 4.70. The van der Waals surface area contributed by atoms with Crippen LogP contribution in [0.25, 0.3) is 0 Å². The zero-order valence-corrected chi connectivity index (χ0v) is 10.7. The van der Waals surface area contributed by atoms with Gasteiger partial charge in [-0.15, -0.1) is 11.3 Å². The zero-order valence-electron chi connectivity index (χ0n) is 9.91. The molecule has 0 radical (unpaired) electrons. The molecule has 4 nitrogen and oxygen atoms in total. The summed E-state index contributed by atoms with van der Waals surface area (Å²) in [6.45, 7) is 2.15. The Hall–Kier alpha value is -1.41. The predicted molar refractivity (Wildman–Crippen MR) is 65.1 cm³/mol. The normalized spacial score (nSPS) is 15.2. The molecule has 1 aromatic rings. The van der Waals surface area contributed by atoms with Crippen molar-refractivity contribution < 1.29 is 23.1 Å². The third-order valence-corrected chi connectivity index (χ3v) is 3.04. The van der Waals surface area contributed by atoms with Gasteiger partial charge in [-0.3, -0.25) is 0 Å². The van der Waals surface area contributed by atoms with Crippen LogP contribution in [0.2, 0.25) is 0 Å². The van der Waals surface area contributed by atoms with Gasteiger partial charge in [0.05, 0.1) is 5.01 Å². The highest BCUT2D eigenvalue weighted by atomic mass is 32.1. The van der Waals surface area contributed by atoms with Crippen molar-refractivity contribution in [3.63, 3.8) is 0 Å². The molecule has 0 spiro atoms. The fraction of sp³-hybridized carbons (Fsp3) is 0.455. The average molecular weight is 294 g/mol. The molecular weight excluding hydrogens is 281 g/mol. The van der Waals surface area contributed by atoms with E-state index in [4.69, 9.17) is 9.90 Å². The summed E-state index contributed by atoms with van der Waals surface area (Å²) >= 11 is 1.74. The van der Waals surface area contributed by atoms with Crippen LogP contribution in [0.5, 0.6) is 0 Å². The lowest BCUT2D eigenvalue weighted by molar-refractivity contribution is -0.192. The van der Waals surface area contributed by atoms with E-state index >= 15 is 0 Å². The fourth-order valence-electron chi connectivity index (χ4n) is 1.36. The molecule has 0 saturated carbocycles. The summed E-state index contributed by atoms with van der Waals surface area (Å²) < 4.78 is 31.7. The first kappa shape index (κ1) is 15.6. The largest absolute Gasteiger partial charge is 0.490 e. The molecule has 0 fully saturated rings. The van der Waals surface area contributed by atoms with Crippen LogP contribution in [0.3, 0.4) is 0 Å². The molecule has 0 amide bonds. The van der Waals surface area contributed by atoms with Gasteiger partial charge in [0.2, 0.25) is 0 Å². The van der Waals surface area contributed by atoms with Crippen LogP contribution < -0.4 is 5.32 Å². The van der Waals surface area contributed by atoms with Crippen molar-refractivity contribution in [3.05, 3.63) is 28.2 Å². The van der Waals surface area contributed by atoms with E-state index in [0.29, 0.717) is 0 Å². The Labute approximate surface area is 112 Å². The first-order chi connectivity index (χ1) is 8.89. The van der Waals surface area contributed by atoms with E-state index in [0.717, 1.165) is 19.5 Å². The summed E-state index contributed by atoms with van der Waals surface area (Å²) in [6, 6.07) is 0. The summed E-state index contributed by atoms with van der Waals surface area (Å²) in [5.74, 6) is -2.76. The lowest BCUT2D eigenvalue weighted by atomic mass is 10.1. The first-order valence-corrected chi connectivity index (χ1v) is 6.34. The molecule has 2 N–H and O–H groups in total. The van der Waals surface area contributed by atoms with Crippen LogP contribution in [0.1, 0.15) is 11.4 Å². The van der Waals surface area contributed by atoms with Gasteiger partial charge >= 0.3 is 12.1 Å². The fourth-order valence-corrected chi connectivity index (χ4v) is 2.03. The molecule has 0 unspecified atom stereocenters. The van der Waals surface area contributed by atoms with Crippen LogP contribution in [-0.4, -0.2) is 35.3 Å². The number of nitrogens with one attached hydrogen (secondary N) is 1. The van der Waals surface area contributed by atoms with E-state index in [1.165, 1.54) is 17.0 Å². The van der Waals surface area contributed by atoms with E-state index in [-0.39, 0.29) is 0 Å². The number of alkyl halides is 3. The molecule has 0 bridgehead atoms. The highest BCUT2D eigenvalue weighted by Gasteiger charge is 2.38. The molecule has 2 heterocycles. The molecule has 1 aliphatic heterocycles. The van der Waals surface area contributed by atoms with E-state index in [2.05, 4.69) is 16.4 Å². The van der Waals surface area contributed by atoms with Gasteiger partial charge in [-0.25, -0.2) is 9.78 Å².